The molecule has 40 valence electrons. The van der Waals surface area contributed by atoms with Gasteiger partial charge in [0.1, 0.15) is 0 Å². The topological polar surface area (TPSA) is 25.8 Å². The Bertz CT molecular complexity index is 224. The predicted octanol–water partition coefficient (Wildman–Crippen LogP) is -1.94. The average Bonchev–Trinajstić information content (AvgIpc) is 2.12. The summed E-state index contributed by atoms with van der Waals surface area (Å²) in [4.78, 5) is 8.31. The van der Waals surface area contributed by atoms with Crippen molar-refractivity contribution in [3.8, 4) is 0 Å². The van der Waals surface area contributed by atoms with Crippen LogP contribution in [0.1, 0.15) is 0 Å². The molecule has 0 unspecified atom stereocenters. The summed E-state index contributed by atoms with van der Waals surface area (Å²) in [5, 5.41) is 0. The van der Waals surface area contributed by atoms with E-state index in [1.54, 1.807) is 0 Å². The molecular formula is C4H2N2Se2. The van der Waals surface area contributed by atoms with Crippen molar-refractivity contribution in [1.82, 2.24) is 9.97 Å². The zero-order valence-electron chi connectivity index (χ0n) is 3.87. The Labute approximate surface area is 56.9 Å². The van der Waals surface area contributed by atoms with E-state index in [0.717, 1.165) is 4.72 Å². The molecule has 0 saturated carbocycles. The maximum atomic E-state index is 4.23. The van der Waals surface area contributed by atoms with Crippen molar-refractivity contribution >= 4 is 34.5 Å². The molecular weight excluding hydrogens is 234 g/mol. The van der Waals surface area contributed by atoms with Gasteiger partial charge in [-0.25, -0.2) is 0 Å². The number of aromatic nitrogens is 2. The van der Waals surface area contributed by atoms with Gasteiger partial charge in [0.2, 0.25) is 0 Å². The maximum absolute atomic E-state index is 4.23. The van der Waals surface area contributed by atoms with Crippen LogP contribution in [0.2, 0.25) is 0 Å². The van der Waals surface area contributed by atoms with Gasteiger partial charge in [0.15, 0.2) is 0 Å². The molecule has 2 bridgehead atoms. The molecule has 4 heteroatoms. The Morgan fingerprint density at radius 3 is 3.12 bits per heavy atom. The van der Waals surface area contributed by atoms with Crippen LogP contribution in [0.5, 0.6) is 0 Å². The number of hydrogen-bond donors (Lipinski definition) is 0. The molecule has 0 saturated heterocycles. The summed E-state index contributed by atoms with van der Waals surface area (Å²) >= 11 is 1.28. The summed E-state index contributed by atoms with van der Waals surface area (Å²) in [6.07, 6.45) is 1.86. The summed E-state index contributed by atoms with van der Waals surface area (Å²) in [6.45, 7) is 0. The van der Waals surface area contributed by atoms with Crippen molar-refractivity contribution in [2.75, 3.05) is 0 Å². The van der Waals surface area contributed by atoms with Crippen molar-refractivity contribution in [3.05, 3.63) is 12.3 Å². The van der Waals surface area contributed by atoms with Gasteiger partial charge in [0.25, 0.3) is 0 Å². The average molecular weight is 236 g/mol. The van der Waals surface area contributed by atoms with Crippen LogP contribution in [0.3, 0.4) is 0 Å². The minimum atomic E-state index is 0.617. The van der Waals surface area contributed by atoms with Gasteiger partial charge in [-0.2, -0.15) is 0 Å². The van der Waals surface area contributed by atoms with Crippen LogP contribution in [0, 0.1) is 0 Å². The van der Waals surface area contributed by atoms with E-state index in [0.29, 0.717) is 25.2 Å². The zero-order chi connectivity index (χ0) is 5.40. The van der Waals surface area contributed by atoms with E-state index in [1.165, 1.54) is 4.59 Å². The van der Waals surface area contributed by atoms with Crippen molar-refractivity contribution in [1.29, 1.82) is 0 Å². The summed E-state index contributed by atoms with van der Waals surface area (Å²) < 4.78 is 2.37. The van der Waals surface area contributed by atoms with Crippen LogP contribution in [-0.2, 0) is 0 Å². The summed E-state index contributed by atoms with van der Waals surface area (Å²) in [6, 6.07) is 2.01. The van der Waals surface area contributed by atoms with Gasteiger partial charge in [-0.3, -0.25) is 0 Å². The van der Waals surface area contributed by atoms with Crippen LogP contribution in [0.25, 0.3) is 0 Å². The third-order valence-electron chi connectivity index (χ3n) is 0.810. The van der Waals surface area contributed by atoms with E-state index >= 15 is 0 Å². The monoisotopic (exact) mass is 238 g/mol. The summed E-state index contributed by atoms with van der Waals surface area (Å²) in [7, 11) is 0. The van der Waals surface area contributed by atoms with Gasteiger partial charge in [0.05, 0.1) is 0 Å². The van der Waals surface area contributed by atoms with E-state index in [4.69, 9.17) is 0 Å². The summed E-state index contributed by atoms with van der Waals surface area (Å²) in [5.74, 6) is 0. The molecule has 0 amide bonds. The molecule has 0 spiro atoms. The fraction of sp³-hybridized carbons (Fsp3) is 0. The molecule has 2 rings (SSSR count). The van der Waals surface area contributed by atoms with E-state index in [1.807, 2.05) is 12.3 Å². The van der Waals surface area contributed by atoms with Gasteiger partial charge < -0.3 is 0 Å². The third-order valence-corrected chi connectivity index (χ3v) is 6.94. The second-order valence-corrected chi connectivity index (χ2v) is 7.32. The Balaban J connectivity index is 2.82. The molecule has 0 N–H and O–H groups in total. The first-order valence-electron chi connectivity index (χ1n) is 2.13. The first-order valence-corrected chi connectivity index (χ1v) is 8.17. The molecule has 0 aliphatic carbocycles. The minimum absolute atomic E-state index is 0.617. The van der Waals surface area contributed by atoms with E-state index in [2.05, 4.69) is 9.97 Å². The Hall–Kier alpha value is 0.119. The van der Waals surface area contributed by atoms with Gasteiger partial charge in [-0.05, 0) is 0 Å². The normalized spacial score (nSPS) is 12.5. The fourth-order valence-electron chi connectivity index (χ4n) is 0.492. The molecule has 1 aliphatic heterocycles. The number of hydrogen-bond acceptors (Lipinski definition) is 2. The Morgan fingerprint density at radius 2 is 2.38 bits per heavy atom. The fourth-order valence-corrected chi connectivity index (χ4v) is 5.76. The number of nitrogens with zero attached hydrogens (tertiary/aromatic N) is 2. The molecule has 0 fully saturated rings. The van der Waals surface area contributed by atoms with Crippen LogP contribution in [0.4, 0.5) is 0 Å². The van der Waals surface area contributed by atoms with E-state index in [9.17, 15) is 0 Å². The van der Waals surface area contributed by atoms with Crippen molar-refractivity contribution in [2.24, 2.45) is 0 Å². The van der Waals surface area contributed by atoms with E-state index in [-0.39, 0.29) is 0 Å². The zero-order valence-corrected chi connectivity index (χ0v) is 7.29. The summed E-state index contributed by atoms with van der Waals surface area (Å²) in [5.41, 5.74) is 0. The van der Waals surface area contributed by atoms with Gasteiger partial charge in [-0.1, -0.05) is 0 Å². The second kappa shape index (κ2) is 1.81. The first-order chi connectivity index (χ1) is 3.95. The second-order valence-electron chi connectivity index (χ2n) is 1.34. The molecule has 1 aromatic rings. The van der Waals surface area contributed by atoms with Crippen LogP contribution in [0.15, 0.2) is 12.3 Å². The molecule has 2 nitrogen and oxygen atoms in total. The quantitative estimate of drug-likeness (QED) is 0.497. The Morgan fingerprint density at radius 1 is 1.38 bits per heavy atom. The Kier molecular flexibility index (Phi) is 1.12. The van der Waals surface area contributed by atoms with Gasteiger partial charge in [-0.15, -0.1) is 0 Å². The van der Waals surface area contributed by atoms with Crippen molar-refractivity contribution in [3.63, 3.8) is 0 Å². The van der Waals surface area contributed by atoms with Gasteiger partial charge >= 0.3 is 56.7 Å². The third kappa shape index (κ3) is 0.701. The van der Waals surface area contributed by atoms with Crippen LogP contribution < -0.4 is 9.32 Å². The van der Waals surface area contributed by atoms with E-state index < -0.39 is 0 Å². The van der Waals surface area contributed by atoms with Crippen LogP contribution >= 0.6 is 0 Å². The molecule has 2 radical (unpaired) electrons. The van der Waals surface area contributed by atoms with Crippen molar-refractivity contribution in [2.45, 2.75) is 0 Å². The number of rotatable bonds is 0. The molecule has 0 aromatic carbocycles. The predicted molar refractivity (Wildman–Crippen MR) is 32.8 cm³/mol. The number of fused-ring (bicyclic) bond motifs is 2. The molecule has 2 heterocycles. The standard InChI is InChI=1S/C4H2N2Se2/c1-2-5-4-6-3(1)7-8-4/h1-2H. The molecule has 1 aliphatic rings. The molecule has 0 atom stereocenters. The molecule has 1 aromatic heterocycles. The van der Waals surface area contributed by atoms with Gasteiger partial charge in [0, 0.05) is 0 Å². The van der Waals surface area contributed by atoms with Crippen LogP contribution in [-0.4, -0.2) is 35.2 Å². The SMILES string of the molecule is c1cc2nc(n1)[Se]=[Se]2. The molecule has 8 heavy (non-hydrogen) atoms. The van der Waals surface area contributed by atoms with Crippen molar-refractivity contribution < 1.29 is 0 Å². The first kappa shape index (κ1) is 4.95.